The van der Waals surface area contributed by atoms with Crippen LogP contribution in [0.5, 0.6) is 0 Å². The Balaban J connectivity index is 3.97. The molecule has 0 aromatic rings. The molecular formula is C5H12N2O2. The zero-order valence-corrected chi connectivity index (χ0v) is 5.64. The second-order valence-electron chi connectivity index (χ2n) is 2.15. The zero-order chi connectivity index (χ0) is 7.49. The highest BCUT2D eigenvalue weighted by Gasteiger charge is 2.25. The van der Waals surface area contributed by atoms with Gasteiger partial charge in [-0.2, -0.15) is 0 Å². The zero-order valence-electron chi connectivity index (χ0n) is 5.64. The van der Waals surface area contributed by atoms with Crippen LogP contribution in [0.4, 0.5) is 0 Å². The number of nitrogens with one attached hydrogen (secondary N) is 1. The lowest BCUT2D eigenvalue weighted by atomic mass is 10.1. The predicted octanol–water partition coefficient (Wildman–Crippen LogP) is -1.56. The van der Waals surface area contributed by atoms with Gasteiger partial charge in [-0.15, -0.1) is 0 Å². The third-order valence-corrected chi connectivity index (χ3v) is 1.07. The molecule has 0 saturated carbocycles. The van der Waals surface area contributed by atoms with Crippen molar-refractivity contribution in [2.45, 2.75) is 12.5 Å². The minimum Gasteiger partial charge on any atom is -0.394 e. The molecule has 1 atom stereocenters. The van der Waals surface area contributed by atoms with Gasteiger partial charge in [0, 0.05) is 7.05 Å². The lowest BCUT2D eigenvalue weighted by molar-refractivity contribution is -0.126. The van der Waals surface area contributed by atoms with Crippen LogP contribution >= 0.6 is 0 Å². The van der Waals surface area contributed by atoms with Gasteiger partial charge in [0.2, 0.25) is 5.91 Å². The van der Waals surface area contributed by atoms with Crippen LogP contribution in [0.2, 0.25) is 0 Å². The van der Waals surface area contributed by atoms with Crippen LogP contribution in [-0.2, 0) is 4.79 Å². The summed E-state index contributed by atoms with van der Waals surface area (Å²) in [4.78, 5) is 10.7. The summed E-state index contributed by atoms with van der Waals surface area (Å²) in [7, 11) is 1.48. The molecule has 4 N–H and O–H groups in total. The van der Waals surface area contributed by atoms with E-state index in [1.54, 1.807) is 0 Å². The summed E-state index contributed by atoms with van der Waals surface area (Å²) in [6, 6.07) is 0. The van der Waals surface area contributed by atoms with Crippen molar-refractivity contribution in [1.82, 2.24) is 5.32 Å². The Bertz CT molecular complexity index is 112. The topological polar surface area (TPSA) is 75.4 Å². The summed E-state index contributed by atoms with van der Waals surface area (Å²) >= 11 is 0. The Kier molecular flexibility index (Phi) is 2.61. The Morgan fingerprint density at radius 1 is 1.89 bits per heavy atom. The highest BCUT2D eigenvalue weighted by Crippen LogP contribution is 1.94. The molecular weight excluding hydrogens is 120 g/mol. The summed E-state index contributed by atoms with van der Waals surface area (Å²) < 4.78 is 0. The molecule has 54 valence electrons. The van der Waals surface area contributed by atoms with E-state index in [4.69, 9.17) is 10.8 Å². The van der Waals surface area contributed by atoms with Gasteiger partial charge in [0.1, 0.15) is 5.54 Å². The van der Waals surface area contributed by atoms with E-state index in [9.17, 15) is 4.79 Å². The first-order valence-corrected chi connectivity index (χ1v) is 2.66. The van der Waals surface area contributed by atoms with Crippen molar-refractivity contribution in [3.8, 4) is 0 Å². The lowest BCUT2D eigenvalue weighted by Gasteiger charge is -2.18. The lowest BCUT2D eigenvalue weighted by Crippen LogP contribution is -2.53. The molecule has 1 amide bonds. The van der Waals surface area contributed by atoms with E-state index in [-0.39, 0.29) is 12.5 Å². The van der Waals surface area contributed by atoms with Crippen molar-refractivity contribution >= 4 is 5.91 Å². The average Bonchev–Trinajstić information content (AvgIpc) is 1.86. The van der Waals surface area contributed by atoms with Crippen molar-refractivity contribution in [2.24, 2.45) is 5.73 Å². The smallest absolute Gasteiger partial charge is 0.241 e. The van der Waals surface area contributed by atoms with Gasteiger partial charge < -0.3 is 16.2 Å². The number of carbonyl (C=O) groups is 1. The second kappa shape index (κ2) is 2.80. The quantitative estimate of drug-likeness (QED) is 0.425. The number of rotatable bonds is 2. The van der Waals surface area contributed by atoms with Gasteiger partial charge >= 0.3 is 0 Å². The number of carbonyl (C=O) groups excluding carboxylic acids is 1. The van der Waals surface area contributed by atoms with E-state index < -0.39 is 5.54 Å². The molecule has 1 unspecified atom stereocenters. The maximum atomic E-state index is 10.7. The van der Waals surface area contributed by atoms with Crippen LogP contribution in [0.1, 0.15) is 6.92 Å². The average molecular weight is 132 g/mol. The van der Waals surface area contributed by atoms with Gasteiger partial charge in [0.25, 0.3) is 0 Å². The van der Waals surface area contributed by atoms with Gasteiger partial charge in [-0.05, 0) is 6.92 Å². The van der Waals surface area contributed by atoms with Gasteiger partial charge in [-0.25, -0.2) is 0 Å². The predicted molar refractivity (Wildman–Crippen MR) is 33.7 cm³/mol. The molecule has 0 aliphatic heterocycles. The van der Waals surface area contributed by atoms with Gasteiger partial charge in [-0.1, -0.05) is 0 Å². The van der Waals surface area contributed by atoms with E-state index in [1.165, 1.54) is 14.0 Å². The first-order chi connectivity index (χ1) is 4.04. The number of aliphatic hydroxyl groups excluding tert-OH is 1. The molecule has 4 heteroatoms. The van der Waals surface area contributed by atoms with E-state index in [2.05, 4.69) is 5.32 Å². The molecule has 0 aliphatic carbocycles. The third-order valence-electron chi connectivity index (χ3n) is 1.07. The number of likely N-dealkylation sites (N-methyl/N-ethyl adjacent to an activating group) is 1. The first-order valence-electron chi connectivity index (χ1n) is 2.66. The molecule has 9 heavy (non-hydrogen) atoms. The molecule has 0 aromatic carbocycles. The van der Waals surface area contributed by atoms with Crippen molar-refractivity contribution in [3.05, 3.63) is 0 Å². The third kappa shape index (κ3) is 1.99. The summed E-state index contributed by atoms with van der Waals surface area (Å²) in [6.07, 6.45) is 0. The molecule has 0 fully saturated rings. The molecule has 0 radical (unpaired) electrons. The molecule has 0 bridgehead atoms. The van der Waals surface area contributed by atoms with Crippen LogP contribution in [0, 0.1) is 0 Å². The largest absolute Gasteiger partial charge is 0.394 e. The van der Waals surface area contributed by atoms with E-state index >= 15 is 0 Å². The number of aliphatic hydroxyl groups is 1. The van der Waals surface area contributed by atoms with Crippen molar-refractivity contribution < 1.29 is 9.90 Å². The summed E-state index contributed by atoms with van der Waals surface area (Å²) in [5.74, 6) is -0.356. The Morgan fingerprint density at radius 3 is 2.44 bits per heavy atom. The minimum atomic E-state index is -1.14. The molecule has 0 aliphatic rings. The fourth-order valence-electron chi connectivity index (χ4n) is 0.357. The van der Waals surface area contributed by atoms with Crippen LogP contribution in [-0.4, -0.2) is 30.2 Å². The maximum absolute atomic E-state index is 10.7. The SMILES string of the molecule is CNC(=O)C(C)(N)CO. The fourth-order valence-corrected chi connectivity index (χ4v) is 0.357. The highest BCUT2D eigenvalue weighted by molar-refractivity contribution is 5.85. The molecule has 0 rings (SSSR count). The molecule has 4 nitrogen and oxygen atoms in total. The Morgan fingerprint density at radius 2 is 2.33 bits per heavy atom. The van der Waals surface area contributed by atoms with E-state index in [0.717, 1.165) is 0 Å². The summed E-state index contributed by atoms with van der Waals surface area (Å²) in [6.45, 7) is 1.12. The van der Waals surface area contributed by atoms with Crippen LogP contribution < -0.4 is 11.1 Å². The standard InChI is InChI=1S/C5H12N2O2/c1-5(6,3-8)4(9)7-2/h8H,3,6H2,1-2H3,(H,7,9). The van der Waals surface area contributed by atoms with Gasteiger partial charge in [0.15, 0.2) is 0 Å². The van der Waals surface area contributed by atoms with Crippen LogP contribution in [0.25, 0.3) is 0 Å². The monoisotopic (exact) mass is 132 g/mol. The number of nitrogens with two attached hydrogens (primary N) is 1. The molecule has 0 aromatic heterocycles. The van der Waals surface area contributed by atoms with Crippen molar-refractivity contribution in [2.75, 3.05) is 13.7 Å². The van der Waals surface area contributed by atoms with E-state index in [0.29, 0.717) is 0 Å². The summed E-state index contributed by atoms with van der Waals surface area (Å²) in [5, 5.41) is 10.8. The van der Waals surface area contributed by atoms with Crippen LogP contribution in [0.15, 0.2) is 0 Å². The van der Waals surface area contributed by atoms with Gasteiger partial charge in [-0.3, -0.25) is 4.79 Å². The highest BCUT2D eigenvalue weighted by atomic mass is 16.3. The Hall–Kier alpha value is -0.610. The normalized spacial score (nSPS) is 16.4. The van der Waals surface area contributed by atoms with E-state index in [1.807, 2.05) is 0 Å². The number of hydrogen-bond donors (Lipinski definition) is 3. The number of amides is 1. The number of hydrogen-bond acceptors (Lipinski definition) is 3. The molecule has 0 heterocycles. The second-order valence-corrected chi connectivity index (χ2v) is 2.15. The summed E-state index contributed by atoms with van der Waals surface area (Å²) in [5.41, 5.74) is 4.16. The van der Waals surface area contributed by atoms with Crippen molar-refractivity contribution in [1.29, 1.82) is 0 Å². The Labute approximate surface area is 54.0 Å². The van der Waals surface area contributed by atoms with Gasteiger partial charge in [0.05, 0.1) is 6.61 Å². The maximum Gasteiger partial charge on any atom is 0.241 e. The fraction of sp³-hybridized carbons (Fsp3) is 0.800. The molecule has 0 saturated heterocycles. The molecule has 0 spiro atoms. The minimum absolute atomic E-state index is 0.341. The van der Waals surface area contributed by atoms with Crippen molar-refractivity contribution in [3.63, 3.8) is 0 Å². The first kappa shape index (κ1) is 8.39. The van der Waals surface area contributed by atoms with Crippen LogP contribution in [0.3, 0.4) is 0 Å².